The second-order valence-corrected chi connectivity index (χ2v) is 13.6. The van der Waals surface area contributed by atoms with Crippen LogP contribution in [0.2, 0.25) is 0 Å². The van der Waals surface area contributed by atoms with Crippen molar-refractivity contribution in [3.8, 4) is 17.1 Å². The van der Waals surface area contributed by atoms with Crippen molar-refractivity contribution in [3.63, 3.8) is 0 Å². The van der Waals surface area contributed by atoms with Crippen molar-refractivity contribution in [2.75, 3.05) is 43.4 Å². The van der Waals surface area contributed by atoms with Gasteiger partial charge in [-0.05, 0) is 62.4 Å². The maximum Gasteiger partial charge on any atom is 0.319 e. The average molecular weight is 610 g/mol. The number of nitrogens with zero attached hydrogens (tertiary/aromatic N) is 5. The number of rotatable bonds is 6. The van der Waals surface area contributed by atoms with Gasteiger partial charge in [-0.15, -0.1) is 0 Å². The number of aromatic nitrogens is 3. The minimum atomic E-state index is -0.881. The van der Waals surface area contributed by atoms with Crippen LogP contribution in [-0.4, -0.2) is 76.4 Å². The Balaban J connectivity index is 1.28. The number of nitrogens with two attached hydrogens (primary N) is 1. The molecule has 2 aromatic carbocycles. The Bertz CT molecular complexity index is 1740. The topological polar surface area (TPSA) is 92.4 Å². The molecule has 12 heteroatoms. The molecule has 226 valence electrons. The van der Waals surface area contributed by atoms with Crippen LogP contribution in [0.5, 0.6) is 6.01 Å². The molecule has 4 aliphatic heterocycles. The third kappa shape index (κ3) is 4.43. The number of thiazole rings is 1. The smallest absolute Gasteiger partial charge is 0.319 e. The molecule has 4 fully saturated rings. The van der Waals surface area contributed by atoms with Crippen LogP contribution in [0.4, 0.5) is 24.1 Å². The molecule has 4 aliphatic rings. The summed E-state index contributed by atoms with van der Waals surface area (Å²) in [7, 11) is 0. The average Bonchev–Trinajstić information content (AvgIpc) is 3.74. The number of nitrogen functional groups attached to an aromatic ring is 1. The first kappa shape index (κ1) is 27.3. The van der Waals surface area contributed by atoms with Gasteiger partial charge in [-0.3, -0.25) is 4.90 Å². The Labute approximate surface area is 251 Å². The molecule has 0 spiro atoms. The number of hydrogen-bond donors (Lipinski definition) is 2. The number of benzene rings is 2. The fourth-order valence-electron chi connectivity index (χ4n) is 7.93. The molecule has 4 atom stereocenters. The SMILES string of the molecule is CCc1cc2c(N3CC4CCC(C3)N4)nc(OC[C@@]34CCCN3C[C@H](F)C4)nc2c(F)c1-c1ccc(F)c2sc(N)nc12. The summed E-state index contributed by atoms with van der Waals surface area (Å²) in [6.07, 6.45) is 4.10. The molecular weight excluding hydrogens is 575 g/mol. The van der Waals surface area contributed by atoms with Crippen LogP contribution in [0.3, 0.4) is 0 Å². The summed E-state index contributed by atoms with van der Waals surface area (Å²) < 4.78 is 52.7. The lowest BCUT2D eigenvalue weighted by atomic mass is 9.94. The molecule has 4 saturated heterocycles. The summed E-state index contributed by atoms with van der Waals surface area (Å²) in [4.78, 5) is 18.3. The first-order valence-corrected chi connectivity index (χ1v) is 16.0. The van der Waals surface area contributed by atoms with Crippen LogP contribution in [-0.2, 0) is 6.42 Å². The van der Waals surface area contributed by atoms with E-state index < -0.39 is 17.8 Å². The van der Waals surface area contributed by atoms with E-state index in [2.05, 4.69) is 25.1 Å². The van der Waals surface area contributed by atoms with Crippen LogP contribution >= 0.6 is 11.3 Å². The lowest BCUT2D eigenvalue weighted by Crippen LogP contribution is -2.51. The van der Waals surface area contributed by atoms with E-state index in [0.29, 0.717) is 64.0 Å². The molecule has 3 N–H and O–H groups in total. The second kappa shape index (κ2) is 10.2. The minimum Gasteiger partial charge on any atom is -0.461 e. The zero-order valence-corrected chi connectivity index (χ0v) is 24.8. The lowest BCUT2D eigenvalue weighted by molar-refractivity contribution is 0.107. The number of nitrogens with one attached hydrogen (secondary N) is 1. The molecule has 8 rings (SSSR count). The summed E-state index contributed by atoms with van der Waals surface area (Å²) in [6.45, 7) is 5.00. The number of fused-ring (bicyclic) bond motifs is 5. The van der Waals surface area contributed by atoms with Gasteiger partial charge in [-0.1, -0.05) is 18.3 Å². The molecule has 0 saturated carbocycles. The lowest BCUT2D eigenvalue weighted by Gasteiger charge is -2.35. The van der Waals surface area contributed by atoms with E-state index in [-0.39, 0.29) is 28.8 Å². The van der Waals surface area contributed by atoms with Gasteiger partial charge >= 0.3 is 6.01 Å². The third-order valence-electron chi connectivity index (χ3n) is 9.88. The largest absolute Gasteiger partial charge is 0.461 e. The summed E-state index contributed by atoms with van der Waals surface area (Å²) in [5.74, 6) is -0.314. The van der Waals surface area contributed by atoms with E-state index >= 15 is 4.39 Å². The Kier molecular flexibility index (Phi) is 6.46. The van der Waals surface area contributed by atoms with E-state index in [9.17, 15) is 8.78 Å². The highest BCUT2D eigenvalue weighted by Gasteiger charge is 2.49. The van der Waals surface area contributed by atoms with E-state index in [1.807, 2.05) is 13.0 Å². The molecule has 8 nitrogen and oxygen atoms in total. The van der Waals surface area contributed by atoms with E-state index in [1.165, 1.54) is 6.07 Å². The van der Waals surface area contributed by atoms with Crippen molar-refractivity contribution in [1.29, 1.82) is 0 Å². The number of alkyl halides is 1. The van der Waals surface area contributed by atoms with Crippen LogP contribution < -0.4 is 20.7 Å². The Morgan fingerprint density at radius 3 is 2.72 bits per heavy atom. The van der Waals surface area contributed by atoms with Gasteiger partial charge in [0.2, 0.25) is 0 Å². The molecule has 4 aromatic rings. The van der Waals surface area contributed by atoms with Gasteiger partial charge in [0, 0.05) is 54.7 Å². The van der Waals surface area contributed by atoms with Gasteiger partial charge in [0.05, 0.1) is 15.8 Å². The second-order valence-electron chi connectivity index (χ2n) is 12.5. The van der Waals surface area contributed by atoms with E-state index in [4.69, 9.17) is 15.5 Å². The molecule has 0 radical (unpaired) electrons. The Morgan fingerprint density at radius 2 is 1.93 bits per heavy atom. The minimum absolute atomic E-state index is 0.0909. The van der Waals surface area contributed by atoms with Gasteiger partial charge in [-0.25, -0.2) is 18.2 Å². The molecule has 2 bridgehead atoms. The van der Waals surface area contributed by atoms with Crippen LogP contribution in [0.1, 0.15) is 44.6 Å². The first-order valence-electron chi connectivity index (χ1n) is 15.2. The molecular formula is C31H34F3N7OS. The van der Waals surface area contributed by atoms with Crippen molar-refractivity contribution in [2.24, 2.45) is 0 Å². The fraction of sp³-hybridized carbons (Fsp3) is 0.516. The van der Waals surface area contributed by atoms with Crippen molar-refractivity contribution < 1.29 is 17.9 Å². The van der Waals surface area contributed by atoms with Gasteiger partial charge in [0.1, 0.15) is 29.9 Å². The molecule has 6 heterocycles. The third-order valence-corrected chi connectivity index (χ3v) is 10.8. The van der Waals surface area contributed by atoms with Crippen LogP contribution in [0.15, 0.2) is 18.2 Å². The zero-order valence-electron chi connectivity index (χ0n) is 24.0. The van der Waals surface area contributed by atoms with Crippen molar-refractivity contribution in [3.05, 3.63) is 35.4 Å². The highest BCUT2D eigenvalue weighted by atomic mass is 32.1. The number of anilines is 2. The van der Waals surface area contributed by atoms with Gasteiger partial charge < -0.3 is 20.7 Å². The number of halogens is 3. The number of hydrogen-bond acceptors (Lipinski definition) is 9. The highest BCUT2D eigenvalue weighted by Crippen LogP contribution is 2.43. The van der Waals surface area contributed by atoms with E-state index in [1.54, 1.807) is 6.07 Å². The van der Waals surface area contributed by atoms with Gasteiger partial charge in [-0.2, -0.15) is 9.97 Å². The number of ether oxygens (including phenoxy) is 1. The summed E-state index contributed by atoms with van der Waals surface area (Å²) in [5.41, 5.74) is 7.62. The molecule has 43 heavy (non-hydrogen) atoms. The fourth-order valence-corrected chi connectivity index (χ4v) is 8.69. The number of piperazine rings is 1. The highest BCUT2D eigenvalue weighted by molar-refractivity contribution is 7.22. The van der Waals surface area contributed by atoms with E-state index in [0.717, 1.165) is 62.2 Å². The molecule has 0 aliphatic carbocycles. The summed E-state index contributed by atoms with van der Waals surface area (Å²) in [6, 6.07) is 5.64. The molecule has 0 amide bonds. The Hall–Kier alpha value is -3.22. The maximum atomic E-state index is 17.0. The van der Waals surface area contributed by atoms with Crippen molar-refractivity contribution >= 4 is 43.4 Å². The van der Waals surface area contributed by atoms with Crippen molar-refractivity contribution in [2.45, 2.75) is 69.2 Å². The van der Waals surface area contributed by atoms with Gasteiger partial charge in [0.25, 0.3) is 0 Å². The number of aryl methyl sites for hydroxylation is 1. The summed E-state index contributed by atoms with van der Waals surface area (Å²) in [5, 5.41) is 4.49. The Morgan fingerprint density at radius 1 is 1.12 bits per heavy atom. The predicted octanol–water partition coefficient (Wildman–Crippen LogP) is 5.23. The monoisotopic (exact) mass is 609 g/mol. The zero-order chi connectivity index (χ0) is 29.5. The molecule has 2 unspecified atom stereocenters. The normalized spacial score (nSPS) is 27.1. The van der Waals surface area contributed by atoms with Crippen LogP contribution in [0, 0.1) is 11.6 Å². The summed E-state index contributed by atoms with van der Waals surface area (Å²) >= 11 is 1.05. The predicted molar refractivity (Wildman–Crippen MR) is 163 cm³/mol. The van der Waals surface area contributed by atoms with Crippen LogP contribution in [0.25, 0.3) is 32.2 Å². The standard InChI is InChI=1S/C31H34F3N7OS/c1-2-16-10-21-25(24(34)23(16)20-6-7-22(33)27-26(20)37-29(35)43-27)38-30(39-28(21)40-13-18-4-5-19(14-40)36-18)42-15-31-8-3-9-41(31)12-17(32)11-31/h6-7,10,17-19,36H,2-5,8-9,11-15H2,1H3,(H2,35,37)/t17-,18?,19?,31+/m1/s1. The van der Waals surface area contributed by atoms with Gasteiger partial charge in [0.15, 0.2) is 10.9 Å². The van der Waals surface area contributed by atoms with Crippen molar-refractivity contribution in [1.82, 2.24) is 25.2 Å². The quantitative estimate of drug-likeness (QED) is 0.307. The maximum absolute atomic E-state index is 17.0. The first-order chi connectivity index (χ1) is 20.8. The molecule has 2 aromatic heterocycles.